The summed E-state index contributed by atoms with van der Waals surface area (Å²) in [5.74, 6) is 0.0407. The summed E-state index contributed by atoms with van der Waals surface area (Å²) in [7, 11) is 1.34. The third-order valence-corrected chi connectivity index (χ3v) is 4.77. The molecular weight excluding hydrogens is 376 g/mol. The molecule has 2 aromatic rings. The summed E-state index contributed by atoms with van der Waals surface area (Å²) < 4.78 is 4.56. The Morgan fingerprint density at radius 2 is 1.68 bits per heavy atom. The van der Waals surface area contributed by atoms with Gasteiger partial charge in [-0.05, 0) is 73.3 Å². The second kappa shape index (κ2) is 10.6. The van der Waals surface area contributed by atoms with E-state index in [0.29, 0.717) is 17.2 Å². The summed E-state index contributed by atoms with van der Waals surface area (Å²) >= 11 is 0. The molecule has 0 radical (unpaired) electrons. The molecule has 1 aliphatic rings. The van der Waals surface area contributed by atoms with E-state index in [2.05, 4.69) is 27.5 Å². The van der Waals surface area contributed by atoms with Gasteiger partial charge in [-0.2, -0.15) is 0 Å². The SMILES string of the molecule is COC(=O)C=Cc1ccc(NC(=O)c2ccc(C3CCNCC3)cc2)cc1.Cl. The lowest BCUT2D eigenvalue weighted by Crippen LogP contribution is -2.26. The summed E-state index contributed by atoms with van der Waals surface area (Å²) in [4.78, 5) is 23.6. The maximum atomic E-state index is 12.4. The minimum absolute atomic E-state index is 0. The van der Waals surface area contributed by atoms with Crippen molar-refractivity contribution in [2.75, 3.05) is 25.5 Å². The number of rotatable bonds is 5. The smallest absolute Gasteiger partial charge is 0.330 e. The lowest BCUT2D eigenvalue weighted by atomic mass is 9.90. The Hall–Kier alpha value is -2.63. The van der Waals surface area contributed by atoms with Crippen LogP contribution < -0.4 is 10.6 Å². The minimum atomic E-state index is -0.402. The first-order valence-corrected chi connectivity index (χ1v) is 9.14. The van der Waals surface area contributed by atoms with Gasteiger partial charge in [-0.1, -0.05) is 24.3 Å². The second-order valence-electron chi connectivity index (χ2n) is 6.58. The normalized spacial score (nSPS) is 14.3. The van der Waals surface area contributed by atoms with Crippen LogP contribution in [0.1, 0.15) is 40.2 Å². The van der Waals surface area contributed by atoms with Crippen molar-refractivity contribution in [2.45, 2.75) is 18.8 Å². The van der Waals surface area contributed by atoms with E-state index in [1.807, 2.05) is 24.3 Å². The molecule has 1 fully saturated rings. The fraction of sp³-hybridized carbons (Fsp3) is 0.273. The predicted octanol–water partition coefficient (Wildman–Crippen LogP) is 4.01. The van der Waals surface area contributed by atoms with Crippen LogP contribution in [0.15, 0.2) is 54.6 Å². The molecule has 0 saturated carbocycles. The molecule has 0 atom stereocenters. The van der Waals surface area contributed by atoms with E-state index in [9.17, 15) is 9.59 Å². The molecule has 6 heteroatoms. The number of esters is 1. The van der Waals surface area contributed by atoms with Gasteiger partial charge in [-0.25, -0.2) is 4.79 Å². The quantitative estimate of drug-likeness (QED) is 0.587. The second-order valence-corrected chi connectivity index (χ2v) is 6.58. The average molecular weight is 401 g/mol. The number of nitrogens with one attached hydrogen (secondary N) is 2. The molecule has 0 unspecified atom stereocenters. The number of anilines is 1. The number of hydrogen-bond donors (Lipinski definition) is 2. The van der Waals surface area contributed by atoms with Crippen LogP contribution in [0.25, 0.3) is 6.08 Å². The van der Waals surface area contributed by atoms with E-state index in [-0.39, 0.29) is 18.3 Å². The van der Waals surface area contributed by atoms with Gasteiger partial charge in [0.2, 0.25) is 0 Å². The highest BCUT2D eigenvalue weighted by atomic mass is 35.5. The van der Waals surface area contributed by atoms with Crippen LogP contribution in [0, 0.1) is 0 Å². The van der Waals surface area contributed by atoms with Crippen LogP contribution in [0.5, 0.6) is 0 Å². The Bertz CT molecular complexity index is 811. The molecule has 28 heavy (non-hydrogen) atoms. The van der Waals surface area contributed by atoms with Crippen LogP contribution >= 0.6 is 12.4 Å². The first-order valence-electron chi connectivity index (χ1n) is 9.14. The molecule has 1 heterocycles. The lowest BCUT2D eigenvalue weighted by molar-refractivity contribution is -0.134. The van der Waals surface area contributed by atoms with E-state index in [0.717, 1.165) is 31.5 Å². The molecule has 0 aromatic heterocycles. The van der Waals surface area contributed by atoms with Gasteiger partial charge in [0.25, 0.3) is 5.91 Å². The number of halogens is 1. The van der Waals surface area contributed by atoms with E-state index in [1.54, 1.807) is 18.2 Å². The predicted molar refractivity (Wildman–Crippen MR) is 114 cm³/mol. The molecule has 2 aromatic carbocycles. The molecule has 2 N–H and O–H groups in total. The van der Waals surface area contributed by atoms with Crippen molar-refractivity contribution in [3.05, 3.63) is 71.3 Å². The summed E-state index contributed by atoms with van der Waals surface area (Å²) in [5, 5.41) is 6.27. The first-order chi connectivity index (χ1) is 13.2. The van der Waals surface area contributed by atoms with Crippen LogP contribution in [0.3, 0.4) is 0 Å². The monoisotopic (exact) mass is 400 g/mol. The fourth-order valence-electron chi connectivity index (χ4n) is 3.18. The molecule has 3 rings (SSSR count). The van der Waals surface area contributed by atoms with E-state index in [4.69, 9.17) is 0 Å². The highest BCUT2D eigenvalue weighted by molar-refractivity contribution is 6.04. The number of piperidine rings is 1. The summed E-state index contributed by atoms with van der Waals surface area (Å²) in [6.07, 6.45) is 5.30. The Labute approximate surface area is 171 Å². The van der Waals surface area contributed by atoms with Gasteiger partial charge >= 0.3 is 5.97 Å². The highest BCUT2D eigenvalue weighted by Crippen LogP contribution is 2.25. The summed E-state index contributed by atoms with van der Waals surface area (Å²) in [6.45, 7) is 2.11. The molecular formula is C22H25ClN2O3. The van der Waals surface area contributed by atoms with Crippen LogP contribution in [0.4, 0.5) is 5.69 Å². The molecule has 1 saturated heterocycles. The Morgan fingerprint density at radius 1 is 1.04 bits per heavy atom. The maximum absolute atomic E-state index is 12.4. The number of amides is 1. The van der Waals surface area contributed by atoms with Crippen molar-refractivity contribution in [3.8, 4) is 0 Å². The Kier molecular flexibility index (Phi) is 8.23. The first kappa shape index (κ1) is 21.7. The van der Waals surface area contributed by atoms with E-state index < -0.39 is 5.97 Å². The Balaban J connectivity index is 0.00000280. The van der Waals surface area contributed by atoms with Crippen molar-refractivity contribution in [2.24, 2.45) is 0 Å². The van der Waals surface area contributed by atoms with Crippen molar-refractivity contribution < 1.29 is 14.3 Å². The van der Waals surface area contributed by atoms with E-state index in [1.165, 1.54) is 18.7 Å². The van der Waals surface area contributed by atoms with Crippen molar-refractivity contribution in [1.82, 2.24) is 5.32 Å². The molecule has 5 nitrogen and oxygen atoms in total. The van der Waals surface area contributed by atoms with Crippen molar-refractivity contribution in [3.63, 3.8) is 0 Å². The van der Waals surface area contributed by atoms with Crippen LogP contribution in [0.2, 0.25) is 0 Å². The largest absolute Gasteiger partial charge is 0.466 e. The maximum Gasteiger partial charge on any atom is 0.330 e. The zero-order valence-electron chi connectivity index (χ0n) is 15.8. The van der Waals surface area contributed by atoms with Gasteiger partial charge in [-0.15, -0.1) is 12.4 Å². The molecule has 0 spiro atoms. The summed E-state index contributed by atoms with van der Waals surface area (Å²) in [6, 6.07) is 15.2. The number of benzene rings is 2. The zero-order valence-corrected chi connectivity index (χ0v) is 16.6. The average Bonchev–Trinajstić information content (AvgIpc) is 2.73. The number of methoxy groups -OCH3 is 1. The standard InChI is InChI=1S/C22H24N2O3.ClH/c1-27-21(25)11-4-16-2-9-20(10-3-16)24-22(26)19-7-5-17(6-8-19)18-12-14-23-15-13-18;/h2-11,18,23H,12-15H2,1H3,(H,24,26);1H. The van der Waals surface area contributed by atoms with Crippen LogP contribution in [-0.2, 0) is 9.53 Å². The van der Waals surface area contributed by atoms with Gasteiger partial charge < -0.3 is 15.4 Å². The van der Waals surface area contributed by atoms with Gasteiger partial charge in [0.05, 0.1) is 7.11 Å². The number of ether oxygens (including phenoxy) is 1. The fourth-order valence-corrected chi connectivity index (χ4v) is 3.18. The summed E-state index contributed by atoms with van der Waals surface area (Å²) in [5.41, 5.74) is 3.50. The Morgan fingerprint density at radius 3 is 2.29 bits per heavy atom. The molecule has 0 aliphatic carbocycles. The van der Waals surface area contributed by atoms with Crippen molar-refractivity contribution in [1.29, 1.82) is 0 Å². The third-order valence-electron chi connectivity index (χ3n) is 4.77. The number of carbonyl (C=O) groups is 2. The van der Waals surface area contributed by atoms with E-state index >= 15 is 0 Å². The lowest BCUT2D eigenvalue weighted by Gasteiger charge is -2.23. The molecule has 0 bridgehead atoms. The molecule has 1 aliphatic heterocycles. The minimum Gasteiger partial charge on any atom is -0.466 e. The molecule has 148 valence electrons. The van der Waals surface area contributed by atoms with Gasteiger partial charge in [-0.3, -0.25) is 4.79 Å². The third kappa shape index (κ3) is 5.94. The zero-order chi connectivity index (χ0) is 19.1. The van der Waals surface area contributed by atoms with Gasteiger partial charge in [0, 0.05) is 17.3 Å². The van der Waals surface area contributed by atoms with Crippen LogP contribution in [-0.4, -0.2) is 32.1 Å². The molecule has 1 amide bonds. The van der Waals surface area contributed by atoms with Gasteiger partial charge in [0.1, 0.15) is 0 Å². The van der Waals surface area contributed by atoms with Gasteiger partial charge in [0.15, 0.2) is 0 Å². The van der Waals surface area contributed by atoms with Crippen molar-refractivity contribution >= 4 is 36.0 Å². The number of carbonyl (C=O) groups excluding carboxylic acids is 2. The topological polar surface area (TPSA) is 67.4 Å². The number of hydrogen-bond acceptors (Lipinski definition) is 4. The highest BCUT2D eigenvalue weighted by Gasteiger charge is 2.15.